The van der Waals surface area contributed by atoms with Crippen LogP contribution in [-0.2, 0) is 14.8 Å². The second kappa shape index (κ2) is 6.61. The highest BCUT2D eigenvalue weighted by molar-refractivity contribution is 7.89. The number of amides is 1. The van der Waals surface area contributed by atoms with Crippen LogP contribution in [0, 0.1) is 12.3 Å². The van der Waals surface area contributed by atoms with E-state index in [9.17, 15) is 13.2 Å². The van der Waals surface area contributed by atoms with Crippen molar-refractivity contribution < 1.29 is 17.9 Å². The topological polar surface area (TPSA) is 98.5 Å². The minimum atomic E-state index is -4.05. The molecule has 0 heterocycles. The first-order chi connectivity index (χ1) is 9.31. The molecule has 0 bridgehead atoms. The summed E-state index contributed by atoms with van der Waals surface area (Å²) in [6.07, 6.45) is 4.91. The predicted molar refractivity (Wildman–Crippen MR) is 74.8 cm³/mol. The van der Waals surface area contributed by atoms with Crippen LogP contribution in [0.15, 0.2) is 23.1 Å². The van der Waals surface area contributed by atoms with Gasteiger partial charge in [0.2, 0.25) is 15.9 Å². The van der Waals surface area contributed by atoms with E-state index >= 15 is 0 Å². The van der Waals surface area contributed by atoms with Crippen molar-refractivity contribution in [2.75, 3.05) is 7.11 Å². The molecule has 1 amide bonds. The van der Waals surface area contributed by atoms with Crippen LogP contribution in [0.5, 0.6) is 5.75 Å². The number of hydrogen-bond acceptors (Lipinski definition) is 4. The Kier molecular flexibility index (Phi) is 5.39. The van der Waals surface area contributed by atoms with Gasteiger partial charge in [0.15, 0.2) is 0 Å². The van der Waals surface area contributed by atoms with E-state index in [-0.39, 0.29) is 16.3 Å². The predicted octanol–water partition coefficient (Wildman–Crippen LogP) is 0.504. The van der Waals surface area contributed by atoms with Crippen molar-refractivity contribution >= 4 is 27.5 Å². The lowest BCUT2D eigenvalue weighted by Crippen LogP contribution is -2.44. The number of ether oxygens (including phenoxy) is 1. The van der Waals surface area contributed by atoms with Crippen LogP contribution in [0.25, 0.3) is 0 Å². The minimum Gasteiger partial charge on any atom is -0.497 e. The molecule has 0 saturated carbocycles. The standard InChI is InChI=1S/C12H13ClN2O4S/c1-3-4-10(12(14)16)15-20(17,18)11-7-8(19-2)5-6-9(11)13/h1,5-7,10,15H,4H2,2H3,(H2,14,16)/t10-/m0/s1. The van der Waals surface area contributed by atoms with Crippen LogP contribution >= 0.6 is 11.6 Å². The third-order valence-electron chi connectivity index (χ3n) is 2.39. The van der Waals surface area contributed by atoms with E-state index in [1.165, 1.54) is 25.3 Å². The zero-order valence-corrected chi connectivity index (χ0v) is 12.2. The molecule has 108 valence electrons. The van der Waals surface area contributed by atoms with Gasteiger partial charge in [-0.2, -0.15) is 4.72 Å². The van der Waals surface area contributed by atoms with Crippen molar-refractivity contribution in [2.45, 2.75) is 17.4 Å². The Bertz CT molecular complexity index is 652. The SMILES string of the molecule is C#CC[C@H](NS(=O)(=O)c1cc(OC)ccc1Cl)C(N)=O. The highest BCUT2D eigenvalue weighted by Crippen LogP contribution is 2.26. The average Bonchev–Trinajstić information content (AvgIpc) is 2.38. The number of nitrogens with two attached hydrogens (primary N) is 1. The van der Waals surface area contributed by atoms with E-state index in [0.717, 1.165) is 0 Å². The van der Waals surface area contributed by atoms with Gasteiger partial charge < -0.3 is 10.5 Å². The second-order valence-electron chi connectivity index (χ2n) is 3.78. The summed E-state index contributed by atoms with van der Waals surface area (Å²) >= 11 is 5.85. The smallest absolute Gasteiger partial charge is 0.242 e. The fraction of sp³-hybridized carbons (Fsp3) is 0.250. The minimum absolute atomic E-state index is 0.0118. The molecule has 0 spiro atoms. The Morgan fingerprint density at radius 2 is 2.25 bits per heavy atom. The molecule has 0 aromatic heterocycles. The van der Waals surface area contributed by atoms with Gasteiger partial charge in [0, 0.05) is 12.5 Å². The lowest BCUT2D eigenvalue weighted by atomic mass is 10.2. The molecule has 0 aliphatic carbocycles. The Labute approximate surface area is 122 Å². The first-order valence-electron chi connectivity index (χ1n) is 5.40. The lowest BCUT2D eigenvalue weighted by Gasteiger charge is -2.14. The van der Waals surface area contributed by atoms with Crippen molar-refractivity contribution in [3.8, 4) is 18.1 Å². The van der Waals surface area contributed by atoms with Crippen molar-refractivity contribution in [2.24, 2.45) is 5.73 Å². The highest BCUT2D eigenvalue weighted by atomic mass is 35.5. The van der Waals surface area contributed by atoms with Crippen molar-refractivity contribution in [3.63, 3.8) is 0 Å². The number of nitrogens with one attached hydrogen (secondary N) is 1. The zero-order chi connectivity index (χ0) is 15.3. The number of terminal acetylenes is 1. The molecule has 8 heteroatoms. The van der Waals surface area contributed by atoms with Crippen LogP contribution in [0.2, 0.25) is 5.02 Å². The molecular formula is C12H13ClN2O4S. The molecule has 0 aliphatic rings. The first-order valence-corrected chi connectivity index (χ1v) is 7.26. The van der Waals surface area contributed by atoms with Gasteiger partial charge >= 0.3 is 0 Å². The number of hydrogen-bond donors (Lipinski definition) is 2. The van der Waals surface area contributed by atoms with Crippen LogP contribution in [0.4, 0.5) is 0 Å². The fourth-order valence-corrected chi connectivity index (χ4v) is 3.10. The van der Waals surface area contributed by atoms with Gasteiger partial charge in [0.05, 0.1) is 12.1 Å². The molecule has 1 atom stereocenters. The van der Waals surface area contributed by atoms with E-state index in [1.54, 1.807) is 0 Å². The summed E-state index contributed by atoms with van der Waals surface area (Å²) < 4.78 is 31.4. The van der Waals surface area contributed by atoms with Gasteiger partial charge in [-0.25, -0.2) is 8.42 Å². The monoisotopic (exact) mass is 316 g/mol. The number of benzene rings is 1. The normalized spacial score (nSPS) is 12.4. The number of carbonyl (C=O) groups is 1. The summed E-state index contributed by atoms with van der Waals surface area (Å²) in [5.41, 5.74) is 5.08. The summed E-state index contributed by atoms with van der Waals surface area (Å²) in [5.74, 6) is 1.61. The van der Waals surface area contributed by atoms with E-state index in [4.69, 9.17) is 28.5 Å². The van der Waals surface area contributed by atoms with Gasteiger partial charge in [-0.1, -0.05) is 11.6 Å². The molecular weight excluding hydrogens is 304 g/mol. The van der Waals surface area contributed by atoms with Gasteiger partial charge in [0.25, 0.3) is 0 Å². The van der Waals surface area contributed by atoms with Gasteiger partial charge in [-0.3, -0.25) is 4.79 Å². The van der Waals surface area contributed by atoms with Crippen LogP contribution in [-0.4, -0.2) is 27.5 Å². The maximum atomic E-state index is 12.2. The Hall–Kier alpha value is -1.75. The first kappa shape index (κ1) is 16.3. The maximum absolute atomic E-state index is 12.2. The number of carbonyl (C=O) groups excluding carboxylic acids is 1. The Morgan fingerprint density at radius 1 is 1.60 bits per heavy atom. The maximum Gasteiger partial charge on any atom is 0.242 e. The van der Waals surface area contributed by atoms with Crippen molar-refractivity contribution in [3.05, 3.63) is 23.2 Å². The number of rotatable bonds is 6. The third kappa shape index (κ3) is 3.87. The fourth-order valence-electron chi connectivity index (χ4n) is 1.39. The third-order valence-corrected chi connectivity index (χ3v) is 4.34. The quantitative estimate of drug-likeness (QED) is 0.747. The highest BCUT2D eigenvalue weighted by Gasteiger charge is 2.25. The molecule has 0 aliphatic heterocycles. The van der Waals surface area contributed by atoms with Crippen LogP contribution < -0.4 is 15.2 Å². The zero-order valence-electron chi connectivity index (χ0n) is 10.6. The summed E-state index contributed by atoms with van der Waals surface area (Å²) in [7, 11) is -2.66. The molecule has 0 fully saturated rings. The molecule has 0 radical (unpaired) electrons. The Morgan fingerprint density at radius 3 is 2.75 bits per heavy atom. The molecule has 6 nitrogen and oxygen atoms in total. The summed E-state index contributed by atoms with van der Waals surface area (Å²) in [5, 5.41) is -0.0118. The summed E-state index contributed by atoms with van der Waals surface area (Å²) in [6.45, 7) is 0. The molecule has 20 heavy (non-hydrogen) atoms. The van der Waals surface area contributed by atoms with Crippen molar-refractivity contribution in [1.82, 2.24) is 4.72 Å². The molecule has 0 unspecified atom stereocenters. The number of sulfonamides is 1. The average molecular weight is 317 g/mol. The molecule has 1 aromatic carbocycles. The molecule has 1 rings (SSSR count). The number of methoxy groups -OCH3 is 1. The van der Waals surface area contributed by atoms with E-state index in [0.29, 0.717) is 5.75 Å². The van der Waals surface area contributed by atoms with E-state index in [1.807, 2.05) is 0 Å². The van der Waals surface area contributed by atoms with Gasteiger partial charge in [0.1, 0.15) is 16.7 Å². The largest absolute Gasteiger partial charge is 0.497 e. The lowest BCUT2D eigenvalue weighted by molar-refractivity contribution is -0.119. The molecule has 3 N–H and O–H groups in total. The second-order valence-corrected chi connectivity index (χ2v) is 5.87. The van der Waals surface area contributed by atoms with Crippen LogP contribution in [0.1, 0.15) is 6.42 Å². The van der Waals surface area contributed by atoms with Gasteiger partial charge in [-0.15, -0.1) is 12.3 Å². The number of halogens is 1. The van der Waals surface area contributed by atoms with E-state index in [2.05, 4.69) is 10.6 Å². The molecule has 0 saturated heterocycles. The van der Waals surface area contributed by atoms with E-state index < -0.39 is 22.0 Å². The molecule has 1 aromatic rings. The van der Waals surface area contributed by atoms with Crippen molar-refractivity contribution in [1.29, 1.82) is 0 Å². The van der Waals surface area contributed by atoms with Gasteiger partial charge in [-0.05, 0) is 12.1 Å². The van der Waals surface area contributed by atoms with Crippen LogP contribution in [0.3, 0.4) is 0 Å². The summed E-state index contributed by atoms with van der Waals surface area (Å²) in [4.78, 5) is 10.9. The Balaban J connectivity index is 3.17. The number of primary amides is 1. The summed E-state index contributed by atoms with van der Waals surface area (Å²) in [6, 6.07) is 2.91.